The summed E-state index contributed by atoms with van der Waals surface area (Å²) in [6, 6.07) is 43.5. The number of hydrogen-bond donors (Lipinski definition) is 2. The van der Waals surface area contributed by atoms with E-state index in [-0.39, 0.29) is 28.2 Å². The molecule has 6 heteroatoms. The first kappa shape index (κ1) is 30.2. The molecule has 5 aromatic carbocycles. The predicted octanol–water partition coefficient (Wildman–Crippen LogP) is 7.59. The van der Waals surface area contributed by atoms with Gasteiger partial charge in [-0.1, -0.05) is 78.9 Å². The van der Waals surface area contributed by atoms with E-state index >= 15 is 0 Å². The molecule has 0 unspecified atom stereocenters. The van der Waals surface area contributed by atoms with Gasteiger partial charge in [-0.05, 0) is 67.6 Å². The second kappa shape index (κ2) is 13.4. The highest BCUT2D eigenvalue weighted by Crippen LogP contribution is 2.56. The molecule has 1 aromatic heterocycles. The lowest BCUT2D eigenvalue weighted by atomic mass is 10.0. The second-order valence-corrected chi connectivity index (χ2v) is 14.8. The van der Waals surface area contributed by atoms with Crippen LogP contribution >= 0.6 is 7.26 Å². The fourth-order valence-electron chi connectivity index (χ4n) is 6.19. The summed E-state index contributed by atoms with van der Waals surface area (Å²) in [5.74, 6) is -0.300. The van der Waals surface area contributed by atoms with Crippen LogP contribution in [0.15, 0.2) is 137 Å². The number of ether oxygens (including phenoxy) is 1. The van der Waals surface area contributed by atoms with Crippen LogP contribution < -0.4 is 26.1 Å². The van der Waals surface area contributed by atoms with Crippen molar-refractivity contribution in [2.75, 3.05) is 13.3 Å². The number of aryl methyl sites for hydroxylation is 1. The Balaban J connectivity index is 1.17. The van der Waals surface area contributed by atoms with Gasteiger partial charge in [0.2, 0.25) is 5.75 Å². The van der Waals surface area contributed by atoms with Crippen molar-refractivity contribution in [3.8, 4) is 28.6 Å². The smallest absolute Gasteiger partial charge is 0.204 e. The van der Waals surface area contributed by atoms with Gasteiger partial charge in [-0.2, -0.15) is 0 Å². The van der Waals surface area contributed by atoms with Crippen LogP contribution in [-0.4, -0.2) is 23.5 Å². The monoisotopic (exact) mass is 615 g/mol. The van der Waals surface area contributed by atoms with Gasteiger partial charge < -0.3 is 19.4 Å². The van der Waals surface area contributed by atoms with Crippen LogP contribution in [0.4, 0.5) is 0 Å². The Morgan fingerprint density at radius 3 is 1.76 bits per heavy atom. The molecule has 6 rings (SSSR count). The Hall–Kier alpha value is -4.86. The van der Waals surface area contributed by atoms with Crippen molar-refractivity contribution < 1.29 is 19.4 Å². The standard InChI is InChI=1S/C39H35O5P/c1-43-38-35(42)26-33(40)37-34(41)27-36(44-39(37)38)29-23-21-28(22-24-29)14-6-5-13-25-45(30-15-7-2-8-16-30,31-17-9-3-10-18-31)32-19-11-4-12-20-32/h2-4,7-12,15-24,26-27H,5-6,13-14,25H2,1H3,(H-,40,41,42)/p+1. The molecule has 45 heavy (non-hydrogen) atoms. The Bertz CT molecular complexity index is 1840. The zero-order valence-electron chi connectivity index (χ0n) is 25.2. The van der Waals surface area contributed by atoms with Crippen LogP contribution in [0.25, 0.3) is 22.3 Å². The van der Waals surface area contributed by atoms with Crippen LogP contribution in [0, 0.1) is 0 Å². The molecular weight excluding hydrogens is 579 g/mol. The van der Waals surface area contributed by atoms with E-state index in [1.807, 2.05) is 12.1 Å². The highest BCUT2D eigenvalue weighted by Gasteiger charge is 2.44. The average Bonchev–Trinajstić information content (AvgIpc) is 3.08. The first-order valence-electron chi connectivity index (χ1n) is 15.2. The van der Waals surface area contributed by atoms with Crippen molar-refractivity contribution in [1.29, 1.82) is 0 Å². The second-order valence-electron chi connectivity index (χ2n) is 11.2. The summed E-state index contributed by atoms with van der Waals surface area (Å²) in [4.78, 5) is 12.8. The van der Waals surface area contributed by atoms with Gasteiger partial charge in [0.25, 0.3) is 0 Å². The summed E-state index contributed by atoms with van der Waals surface area (Å²) in [6.45, 7) is 0. The molecule has 0 aliphatic heterocycles. The number of methoxy groups -OCH3 is 1. The quantitative estimate of drug-likeness (QED) is 0.116. The SMILES string of the molecule is COc1c(O)cc(O)c2c(=O)cc(-c3ccc(CCCCC[P+](c4ccccc4)(c4ccccc4)c4ccccc4)cc3)oc12. The lowest BCUT2D eigenvalue weighted by Gasteiger charge is -2.27. The number of fused-ring (bicyclic) bond motifs is 1. The molecule has 2 N–H and O–H groups in total. The summed E-state index contributed by atoms with van der Waals surface area (Å²) >= 11 is 0. The van der Waals surface area contributed by atoms with Crippen LogP contribution in [-0.2, 0) is 6.42 Å². The molecule has 1 heterocycles. The maximum absolute atomic E-state index is 12.8. The lowest BCUT2D eigenvalue weighted by molar-refractivity contribution is 0.367. The normalized spacial score (nSPS) is 11.5. The number of aromatic hydroxyl groups is 2. The highest BCUT2D eigenvalue weighted by atomic mass is 31.2. The van der Waals surface area contributed by atoms with Crippen LogP contribution in [0.5, 0.6) is 17.2 Å². The minimum Gasteiger partial charge on any atom is -0.507 e. The molecule has 6 aromatic rings. The summed E-state index contributed by atoms with van der Waals surface area (Å²) < 4.78 is 11.2. The van der Waals surface area contributed by atoms with E-state index in [4.69, 9.17) is 9.15 Å². The van der Waals surface area contributed by atoms with Gasteiger partial charge in [0, 0.05) is 17.7 Å². The molecule has 0 saturated carbocycles. The van der Waals surface area contributed by atoms with Gasteiger partial charge in [0.05, 0.1) is 13.3 Å². The van der Waals surface area contributed by atoms with Crippen molar-refractivity contribution in [2.24, 2.45) is 0 Å². The van der Waals surface area contributed by atoms with E-state index in [0.29, 0.717) is 5.76 Å². The molecule has 0 spiro atoms. The summed E-state index contributed by atoms with van der Waals surface area (Å²) in [7, 11) is -0.442. The summed E-state index contributed by atoms with van der Waals surface area (Å²) in [6.07, 6.45) is 5.36. The van der Waals surface area contributed by atoms with E-state index in [0.717, 1.165) is 43.5 Å². The zero-order valence-corrected chi connectivity index (χ0v) is 26.1. The van der Waals surface area contributed by atoms with E-state index in [9.17, 15) is 15.0 Å². The van der Waals surface area contributed by atoms with Gasteiger partial charge in [-0.25, -0.2) is 0 Å². The van der Waals surface area contributed by atoms with Crippen LogP contribution in [0.1, 0.15) is 24.8 Å². The molecule has 226 valence electrons. The Kier molecular flexibility index (Phi) is 9.00. The molecule has 0 atom stereocenters. The fraction of sp³-hybridized carbons (Fsp3) is 0.154. The number of phenolic OH excluding ortho intramolecular Hbond substituents is 2. The lowest BCUT2D eigenvalue weighted by Crippen LogP contribution is -2.33. The van der Waals surface area contributed by atoms with Gasteiger partial charge in [-0.15, -0.1) is 0 Å². The van der Waals surface area contributed by atoms with Gasteiger partial charge >= 0.3 is 0 Å². The number of rotatable bonds is 11. The Morgan fingerprint density at radius 2 is 1.22 bits per heavy atom. The van der Waals surface area contributed by atoms with Crippen molar-refractivity contribution in [1.82, 2.24) is 0 Å². The Morgan fingerprint density at radius 1 is 0.667 bits per heavy atom. The van der Waals surface area contributed by atoms with E-state index in [1.54, 1.807) is 0 Å². The van der Waals surface area contributed by atoms with E-state index in [1.165, 1.54) is 34.7 Å². The molecular formula is C39H36O5P+. The van der Waals surface area contributed by atoms with Crippen molar-refractivity contribution in [3.63, 3.8) is 0 Å². The Labute approximate surface area is 263 Å². The van der Waals surface area contributed by atoms with Crippen molar-refractivity contribution in [2.45, 2.75) is 25.7 Å². The zero-order chi connectivity index (χ0) is 31.2. The van der Waals surface area contributed by atoms with Crippen LogP contribution in [0.2, 0.25) is 0 Å². The summed E-state index contributed by atoms with van der Waals surface area (Å²) in [5.41, 5.74) is 1.55. The largest absolute Gasteiger partial charge is 0.507 e. The molecule has 0 fully saturated rings. The molecule has 0 bridgehead atoms. The van der Waals surface area contributed by atoms with Gasteiger partial charge in [0.15, 0.2) is 16.8 Å². The van der Waals surface area contributed by atoms with Crippen LogP contribution in [0.3, 0.4) is 0 Å². The van der Waals surface area contributed by atoms with Gasteiger partial charge in [-0.3, -0.25) is 4.79 Å². The fourth-order valence-corrected chi connectivity index (χ4v) is 10.6. The molecule has 0 radical (unpaired) electrons. The molecule has 5 nitrogen and oxygen atoms in total. The van der Waals surface area contributed by atoms with Gasteiger partial charge in [0.1, 0.15) is 40.1 Å². The number of hydrogen-bond acceptors (Lipinski definition) is 5. The third-order valence-corrected chi connectivity index (χ3v) is 12.9. The maximum Gasteiger partial charge on any atom is 0.204 e. The predicted molar refractivity (Wildman–Crippen MR) is 185 cm³/mol. The third-order valence-electron chi connectivity index (χ3n) is 8.41. The third kappa shape index (κ3) is 6.09. The number of unbranched alkanes of at least 4 members (excludes halogenated alkanes) is 2. The molecule has 0 aliphatic carbocycles. The minimum absolute atomic E-state index is 0.0108. The first-order valence-corrected chi connectivity index (χ1v) is 17.2. The van der Waals surface area contributed by atoms with Crippen molar-refractivity contribution in [3.05, 3.63) is 143 Å². The van der Waals surface area contributed by atoms with E-state index in [2.05, 4.69) is 103 Å². The minimum atomic E-state index is -1.82. The number of benzene rings is 5. The number of phenols is 2. The van der Waals surface area contributed by atoms with Crippen molar-refractivity contribution >= 4 is 34.1 Å². The topological polar surface area (TPSA) is 79.9 Å². The molecule has 0 saturated heterocycles. The first-order chi connectivity index (χ1) is 22.0. The van der Waals surface area contributed by atoms with E-state index < -0.39 is 12.7 Å². The molecule has 0 aliphatic rings. The highest BCUT2D eigenvalue weighted by molar-refractivity contribution is 7.95. The maximum atomic E-state index is 12.8. The summed E-state index contributed by atoms with van der Waals surface area (Å²) in [5, 5.41) is 24.6. The average molecular weight is 616 g/mol. The molecule has 0 amide bonds.